The maximum atomic E-state index is 5.77. The predicted octanol–water partition coefficient (Wildman–Crippen LogP) is 1.28. The standard InChI is InChI=1S/C14H15N7/c1-20(9-11-5-3-2-4-6-11)13-17-12(15)18-14(19-13)21-8-7-16-10-21/h2-8,10H,9H2,1H3,(H2,15,17,18,19). The third-order valence-electron chi connectivity index (χ3n) is 2.97. The fourth-order valence-corrected chi connectivity index (χ4v) is 1.96. The first-order chi connectivity index (χ1) is 10.2. The van der Waals surface area contributed by atoms with Gasteiger partial charge in [-0.05, 0) is 5.56 Å². The molecule has 3 rings (SSSR count). The number of hydrogen-bond acceptors (Lipinski definition) is 6. The summed E-state index contributed by atoms with van der Waals surface area (Å²) in [5.41, 5.74) is 6.94. The van der Waals surface area contributed by atoms with Gasteiger partial charge >= 0.3 is 0 Å². The van der Waals surface area contributed by atoms with E-state index in [2.05, 4.69) is 32.1 Å². The predicted molar refractivity (Wildman–Crippen MR) is 79.9 cm³/mol. The topological polar surface area (TPSA) is 85.8 Å². The molecule has 2 N–H and O–H groups in total. The van der Waals surface area contributed by atoms with E-state index in [9.17, 15) is 0 Å². The Morgan fingerprint density at radius 2 is 1.95 bits per heavy atom. The lowest BCUT2D eigenvalue weighted by atomic mass is 10.2. The zero-order chi connectivity index (χ0) is 14.7. The molecule has 0 atom stereocenters. The molecule has 0 unspecified atom stereocenters. The van der Waals surface area contributed by atoms with Crippen molar-refractivity contribution in [3.8, 4) is 5.95 Å². The van der Waals surface area contributed by atoms with Gasteiger partial charge in [-0.15, -0.1) is 0 Å². The number of benzene rings is 1. The quantitative estimate of drug-likeness (QED) is 0.775. The minimum absolute atomic E-state index is 0.184. The van der Waals surface area contributed by atoms with Gasteiger partial charge in [0.25, 0.3) is 0 Å². The molecule has 0 fully saturated rings. The molecule has 0 aliphatic rings. The normalized spacial score (nSPS) is 10.5. The third kappa shape index (κ3) is 2.97. The maximum Gasteiger partial charge on any atom is 0.241 e. The Labute approximate surface area is 122 Å². The molecule has 1 aromatic carbocycles. The van der Waals surface area contributed by atoms with Crippen LogP contribution in [0.3, 0.4) is 0 Å². The van der Waals surface area contributed by atoms with Crippen molar-refractivity contribution in [1.82, 2.24) is 24.5 Å². The highest BCUT2D eigenvalue weighted by Gasteiger charge is 2.10. The van der Waals surface area contributed by atoms with Gasteiger partial charge < -0.3 is 10.6 Å². The minimum Gasteiger partial charge on any atom is -0.368 e. The summed E-state index contributed by atoms with van der Waals surface area (Å²) in [5.74, 6) is 1.16. The van der Waals surface area contributed by atoms with Crippen LogP contribution in [0.4, 0.5) is 11.9 Å². The molecule has 0 bridgehead atoms. The highest BCUT2D eigenvalue weighted by molar-refractivity contribution is 5.38. The smallest absolute Gasteiger partial charge is 0.241 e. The van der Waals surface area contributed by atoms with Gasteiger partial charge in [0.15, 0.2) is 0 Å². The molecule has 7 nitrogen and oxygen atoms in total. The number of rotatable bonds is 4. The van der Waals surface area contributed by atoms with Crippen LogP contribution in [0.1, 0.15) is 5.56 Å². The Balaban J connectivity index is 1.88. The number of anilines is 2. The molecular weight excluding hydrogens is 266 g/mol. The first-order valence-corrected chi connectivity index (χ1v) is 6.47. The zero-order valence-electron chi connectivity index (χ0n) is 11.6. The summed E-state index contributed by atoms with van der Waals surface area (Å²) in [6.45, 7) is 0.688. The summed E-state index contributed by atoms with van der Waals surface area (Å²) >= 11 is 0. The lowest BCUT2D eigenvalue weighted by Gasteiger charge is -2.17. The molecule has 7 heteroatoms. The second-order valence-electron chi connectivity index (χ2n) is 4.61. The van der Waals surface area contributed by atoms with Crippen molar-refractivity contribution in [1.29, 1.82) is 0 Å². The lowest BCUT2D eigenvalue weighted by molar-refractivity contribution is 0.827. The van der Waals surface area contributed by atoms with E-state index in [4.69, 9.17) is 5.73 Å². The first-order valence-electron chi connectivity index (χ1n) is 6.47. The van der Waals surface area contributed by atoms with Gasteiger partial charge in [-0.1, -0.05) is 30.3 Å². The molecule has 106 valence electrons. The van der Waals surface area contributed by atoms with E-state index in [1.165, 1.54) is 5.56 Å². The fourth-order valence-electron chi connectivity index (χ4n) is 1.96. The number of nitrogen functional groups attached to an aromatic ring is 1. The summed E-state index contributed by atoms with van der Waals surface area (Å²) in [5, 5.41) is 0. The molecule has 0 aliphatic carbocycles. The van der Waals surface area contributed by atoms with Gasteiger partial charge in [-0.3, -0.25) is 4.57 Å². The molecule has 0 aliphatic heterocycles. The monoisotopic (exact) mass is 281 g/mol. The van der Waals surface area contributed by atoms with Gasteiger partial charge in [0.1, 0.15) is 6.33 Å². The summed E-state index contributed by atoms with van der Waals surface area (Å²) in [7, 11) is 1.92. The zero-order valence-corrected chi connectivity index (χ0v) is 11.6. The molecule has 0 radical (unpaired) electrons. The lowest BCUT2D eigenvalue weighted by Crippen LogP contribution is -2.21. The summed E-state index contributed by atoms with van der Waals surface area (Å²) in [4.78, 5) is 18.6. The van der Waals surface area contributed by atoms with Crippen LogP contribution in [0.25, 0.3) is 5.95 Å². The SMILES string of the molecule is CN(Cc1ccccc1)c1nc(N)nc(-n2ccnc2)n1. The Bertz CT molecular complexity index is 709. The Morgan fingerprint density at radius 3 is 2.67 bits per heavy atom. The van der Waals surface area contributed by atoms with Gasteiger partial charge in [-0.25, -0.2) is 4.98 Å². The van der Waals surface area contributed by atoms with Crippen LogP contribution in [0.2, 0.25) is 0 Å². The summed E-state index contributed by atoms with van der Waals surface area (Å²) < 4.78 is 1.69. The number of hydrogen-bond donors (Lipinski definition) is 1. The highest BCUT2D eigenvalue weighted by Crippen LogP contribution is 2.13. The van der Waals surface area contributed by atoms with E-state index in [0.29, 0.717) is 18.4 Å². The van der Waals surface area contributed by atoms with Crippen molar-refractivity contribution < 1.29 is 0 Å². The van der Waals surface area contributed by atoms with Crippen molar-refractivity contribution in [2.24, 2.45) is 0 Å². The molecule has 0 amide bonds. The van der Waals surface area contributed by atoms with E-state index in [-0.39, 0.29) is 5.95 Å². The number of aromatic nitrogens is 5. The Kier molecular flexibility index (Phi) is 3.46. The largest absolute Gasteiger partial charge is 0.368 e. The summed E-state index contributed by atoms with van der Waals surface area (Å²) in [6.07, 6.45) is 5.04. The molecule has 21 heavy (non-hydrogen) atoms. The van der Waals surface area contributed by atoms with E-state index >= 15 is 0 Å². The number of imidazole rings is 1. The van der Waals surface area contributed by atoms with Crippen molar-refractivity contribution in [2.45, 2.75) is 6.54 Å². The molecule has 2 aromatic heterocycles. The van der Waals surface area contributed by atoms with Crippen LogP contribution in [0.5, 0.6) is 0 Å². The number of nitrogens with two attached hydrogens (primary N) is 1. The average molecular weight is 281 g/mol. The maximum absolute atomic E-state index is 5.77. The van der Waals surface area contributed by atoms with Crippen LogP contribution >= 0.6 is 0 Å². The van der Waals surface area contributed by atoms with Crippen LogP contribution in [0.15, 0.2) is 49.1 Å². The van der Waals surface area contributed by atoms with E-state index in [1.807, 2.05) is 30.1 Å². The van der Waals surface area contributed by atoms with Gasteiger partial charge in [0.05, 0.1) is 0 Å². The molecule has 3 aromatic rings. The minimum atomic E-state index is 0.184. The highest BCUT2D eigenvalue weighted by atomic mass is 15.3. The van der Waals surface area contributed by atoms with E-state index in [1.54, 1.807) is 23.3 Å². The van der Waals surface area contributed by atoms with E-state index < -0.39 is 0 Å². The molecule has 0 saturated carbocycles. The fraction of sp³-hybridized carbons (Fsp3) is 0.143. The van der Waals surface area contributed by atoms with E-state index in [0.717, 1.165) is 0 Å². The van der Waals surface area contributed by atoms with Crippen LogP contribution < -0.4 is 10.6 Å². The average Bonchev–Trinajstić information content (AvgIpc) is 3.02. The second-order valence-corrected chi connectivity index (χ2v) is 4.61. The molecule has 0 saturated heterocycles. The van der Waals surface area contributed by atoms with Crippen molar-refractivity contribution in [3.05, 3.63) is 54.6 Å². The van der Waals surface area contributed by atoms with Crippen molar-refractivity contribution in [2.75, 3.05) is 17.7 Å². The third-order valence-corrected chi connectivity index (χ3v) is 2.97. The van der Waals surface area contributed by atoms with Crippen molar-refractivity contribution >= 4 is 11.9 Å². The summed E-state index contributed by atoms with van der Waals surface area (Å²) in [6, 6.07) is 10.1. The van der Waals surface area contributed by atoms with Gasteiger partial charge in [-0.2, -0.15) is 15.0 Å². The van der Waals surface area contributed by atoms with Crippen LogP contribution in [-0.2, 0) is 6.54 Å². The van der Waals surface area contributed by atoms with Crippen LogP contribution in [0, 0.1) is 0 Å². The van der Waals surface area contributed by atoms with Crippen molar-refractivity contribution in [3.63, 3.8) is 0 Å². The Hall–Kier alpha value is -2.96. The van der Waals surface area contributed by atoms with Gasteiger partial charge in [0.2, 0.25) is 17.8 Å². The second kappa shape index (κ2) is 5.58. The van der Waals surface area contributed by atoms with Gasteiger partial charge in [0, 0.05) is 26.0 Å². The molecule has 0 spiro atoms. The molecular formula is C14H15N7. The first kappa shape index (κ1) is 13.0. The van der Waals surface area contributed by atoms with Crippen LogP contribution in [-0.4, -0.2) is 31.6 Å². The number of nitrogens with zero attached hydrogens (tertiary/aromatic N) is 6. The molecule has 2 heterocycles. The Morgan fingerprint density at radius 1 is 1.14 bits per heavy atom.